The number of aliphatic hydroxyl groups is 3. The first kappa shape index (κ1) is 12.3. The molecule has 0 spiro atoms. The molecule has 7 nitrogen and oxygen atoms in total. The van der Waals surface area contributed by atoms with Crippen molar-refractivity contribution in [1.29, 1.82) is 0 Å². The van der Waals surface area contributed by atoms with Gasteiger partial charge in [-0.25, -0.2) is 9.97 Å². The number of rotatable bonds is 2. The van der Waals surface area contributed by atoms with Crippen LogP contribution in [0, 0.1) is 5.92 Å². The normalized spacial score (nSPS) is 31.1. The maximum absolute atomic E-state index is 10.1. The second-order valence-corrected chi connectivity index (χ2v) is 4.94. The number of anilines is 1. The van der Waals surface area contributed by atoms with Crippen molar-refractivity contribution in [2.45, 2.75) is 24.7 Å². The lowest BCUT2D eigenvalue weighted by atomic mass is 10.1. The summed E-state index contributed by atoms with van der Waals surface area (Å²) in [6.45, 7) is -0.148. The molecule has 3 rings (SSSR count). The Morgan fingerprint density at radius 1 is 1.32 bits per heavy atom. The number of pyridine rings is 1. The van der Waals surface area contributed by atoms with Crippen LogP contribution in [-0.2, 0) is 0 Å². The van der Waals surface area contributed by atoms with Gasteiger partial charge in [-0.3, -0.25) is 0 Å². The molecule has 102 valence electrons. The minimum Gasteiger partial charge on any atom is -0.396 e. The highest BCUT2D eigenvalue weighted by Gasteiger charge is 2.42. The van der Waals surface area contributed by atoms with Crippen LogP contribution in [0.3, 0.4) is 0 Å². The third-order valence-corrected chi connectivity index (χ3v) is 3.88. The first-order valence-corrected chi connectivity index (χ1v) is 6.17. The predicted molar refractivity (Wildman–Crippen MR) is 68.2 cm³/mol. The number of nitrogen functional groups attached to an aromatic ring is 1. The van der Waals surface area contributed by atoms with Crippen molar-refractivity contribution in [3.8, 4) is 0 Å². The molecule has 0 radical (unpaired) electrons. The van der Waals surface area contributed by atoms with E-state index < -0.39 is 12.2 Å². The quantitative estimate of drug-likeness (QED) is 0.569. The predicted octanol–water partition coefficient (Wildman–Crippen LogP) is -0.711. The van der Waals surface area contributed by atoms with E-state index in [2.05, 4.69) is 9.97 Å². The Kier molecular flexibility index (Phi) is 2.89. The van der Waals surface area contributed by atoms with Crippen LogP contribution < -0.4 is 5.73 Å². The molecule has 1 saturated carbocycles. The Morgan fingerprint density at radius 3 is 2.79 bits per heavy atom. The number of imidazole rings is 1. The van der Waals surface area contributed by atoms with Crippen LogP contribution in [0.4, 0.5) is 5.82 Å². The average molecular weight is 264 g/mol. The van der Waals surface area contributed by atoms with E-state index in [0.29, 0.717) is 17.8 Å². The van der Waals surface area contributed by atoms with E-state index in [1.165, 1.54) is 0 Å². The summed E-state index contributed by atoms with van der Waals surface area (Å²) < 4.78 is 1.79. The van der Waals surface area contributed by atoms with Crippen molar-refractivity contribution in [3.63, 3.8) is 0 Å². The minimum absolute atomic E-state index is 0.148. The molecule has 2 unspecified atom stereocenters. The molecule has 19 heavy (non-hydrogen) atoms. The Balaban J connectivity index is 2.04. The number of aromatic nitrogens is 3. The van der Waals surface area contributed by atoms with E-state index in [1.807, 2.05) is 0 Å². The number of fused-ring (bicyclic) bond motifs is 1. The van der Waals surface area contributed by atoms with Crippen LogP contribution in [0.1, 0.15) is 12.5 Å². The van der Waals surface area contributed by atoms with Gasteiger partial charge in [0.05, 0.1) is 24.0 Å². The van der Waals surface area contributed by atoms with Gasteiger partial charge in [-0.2, -0.15) is 0 Å². The van der Waals surface area contributed by atoms with Gasteiger partial charge in [-0.05, 0) is 12.5 Å². The van der Waals surface area contributed by atoms with Crippen molar-refractivity contribution in [2.75, 3.05) is 12.3 Å². The fourth-order valence-corrected chi connectivity index (χ4v) is 2.80. The standard InChI is InChI=1S/C12H16N4O3/c13-12-9-7(1-2-14-12)16(5-15-9)8-3-6(4-17)10(18)11(8)19/h1-2,5-6,8,10-11,17-19H,3-4H2,(H2,13,14)/t6-,8-,10?,11?/m1/s1. The van der Waals surface area contributed by atoms with Gasteiger partial charge in [0.25, 0.3) is 0 Å². The summed E-state index contributed by atoms with van der Waals surface area (Å²) in [5, 5.41) is 29.2. The van der Waals surface area contributed by atoms with E-state index in [-0.39, 0.29) is 18.6 Å². The highest BCUT2D eigenvalue weighted by Crippen LogP contribution is 2.37. The van der Waals surface area contributed by atoms with E-state index in [0.717, 1.165) is 5.52 Å². The lowest BCUT2D eigenvalue weighted by Gasteiger charge is -2.18. The van der Waals surface area contributed by atoms with Crippen LogP contribution in [-0.4, -0.2) is 48.7 Å². The topological polar surface area (TPSA) is 117 Å². The van der Waals surface area contributed by atoms with E-state index in [4.69, 9.17) is 5.73 Å². The zero-order chi connectivity index (χ0) is 13.6. The van der Waals surface area contributed by atoms with Crippen LogP contribution in [0.2, 0.25) is 0 Å². The highest BCUT2D eigenvalue weighted by atomic mass is 16.3. The van der Waals surface area contributed by atoms with Gasteiger partial charge in [0.2, 0.25) is 0 Å². The molecule has 7 heteroatoms. The van der Waals surface area contributed by atoms with Gasteiger partial charge in [-0.1, -0.05) is 0 Å². The molecule has 1 aliphatic carbocycles. The van der Waals surface area contributed by atoms with Crippen LogP contribution in [0.25, 0.3) is 11.0 Å². The fourth-order valence-electron chi connectivity index (χ4n) is 2.80. The molecular weight excluding hydrogens is 248 g/mol. The van der Waals surface area contributed by atoms with Gasteiger partial charge in [0.15, 0.2) is 5.82 Å². The van der Waals surface area contributed by atoms with Gasteiger partial charge in [-0.15, -0.1) is 0 Å². The lowest BCUT2D eigenvalue weighted by Crippen LogP contribution is -2.30. The average Bonchev–Trinajstić information content (AvgIpc) is 2.94. The summed E-state index contributed by atoms with van der Waals surface area (Å²) in [4.78, 5) is 8.16. The highest BCUT2D eigenvalue weighted by molar-refractivity contribution is 5.84. The van der Waals surface area contributed by atoms with Crippen LogP contribution in [0.15, 0.2) is 18.6 Å². The number of nitrogens with zero attached hydrogens (tertiary/aromatic N) is 3. The SMILES string of the molecule is Nc1nccc2c1ncn2[C@@H]1C[C@H](CO)C(O)C1O. The maximum atomic E-state index is 10.1. The molecular formula is C12H16N4O3. The molecule has 0 aliphatic heterocycles. The summed E-state index contributed by atoms with van der Waals surface area (Å²) in [7, 11) is 0. The third-order valence-electron chi connectivity index (χ3n) is 3.88. The molecule has 1 aliphatic rings. The van der Waals surface area contributed by atoms with Crippen molar-refractivity contribution in [3.05, 3.63) is 18.6 Å². The summed E-state index contributed by atoms with van der Waals surface area (Å²) >= 11 is 0. The fraction of sp³-hybridized carbons (Fsp3) is 0.500. The number of hydrogen-bond acceptors (Lipinski definition) is 6. The van der Waals surface area contributed by atoms with Crippen molar-refractivity contribution < 1.29 is 15.3 Å². The summed E-state index contributed by atoms with van der Waals surface area (Å²) in [6, 6.07) is 1.45. The van der Waals surface area contributed by atoms with Crippen LogP contribution in [0.5, 0.6) is 0 Å². The summed E-state index contributed by atoms with van der Waals surface area (Å²) in [5.41, 5.74) is 7.09. The Bertz CT molecular complexity index is 600. The molecule has 0 aromatic carbocycles. The lowest BCUT2D eigenvalue weighted by molar-refractivity contribution is -0.00365. The van der Waals surface area contributed by atoms with E-state index >= 15 is 0 Å². The summed E-state index contributed by atoms with van der Waals surface area (Å²) in [5.74, 6) is 0.0135. The number of aliphatic hydroxyl groups excluding tert-OH is 3. The number of hydrogen-bond donors (Lipinski definition) is 4. The smallest absolute Gasteiger partial charge is 0.151 e. The molecule has 0 saturated heterocycles. The van der Waals surface area contributed by atoms with E-state index in [1.54, 1.807) is 23.2 Å². The van der Waals surface area contributed by atoms with Crippen LogP contribution >= 0.6 is 0 Å². The van der Waals surface area contributed by atoms with Gasteiger partial charge < -0.3 is 25.6 Å². The maximum Gasteiger partial charge on any atom is 0.151 e. The molecule has 5 N–H and O–H groups in total. The van der Waals surface area contributed by atoms with E-state index in [9.17, 15) is 15.3 Å². The largest absolute Gasteiger partial charge is 0.396 e. The molecule has 2 aromatic rings. The molecule has 2 heterocycles. The molecule has 2 aromatic heterocycles. The van der Waals surface area contributed by atoms with Gasteiger partial charge >= 0.3 is 0 Å². The Hall–Kier alpha value is -1.70. The molecule has 4 atom stereocenters. The second-order valence-electron chi connectivity index (χ2n) is 4.94. The summed E-state index contributed by atoms with van der Waals surface area (Å²) in [6.07, 6.45) is 1.81. The monoisotopic (exact) mass is 264 g/mol. The Labute approximate surface area is 109 Å². The zero-order valence-electron chi connectivity index (χ0n) is 10.2. The van der Waals surface area contributed by atoms with Crippen molar-refractivity contribution in [2.24, 2.45) is 5.92 Å². The van der Waals surface area contributed by atoms with Crippen molar-refractivity contribution >= 4 is 16.9 Å². The first-order valence-electron chi connectivity index (χ1n) is 6.17. The van der Waals surface area contributed by atoms with Crippen molar-refractivity contribution in [1.82, 2.24) is 14.5 Å². The molecule has 0 bridgehead atoms. The number of nitrogens with two attached hydrogens (primary N) is 1. The van der Waals surface area contributed by atoms with Gasteiger partial charge in [0.1, 0.15) is 11.6 Å². The Morgan fingerprint density at radius 2 is 2.11 bits per heavy atom. The second kappa shape index (κ2) is 4.44. The third kappa shape index (κ3) is 1.78. The first-order chi connectivity index (χ1) is 9.13. The van der Waals surface area contributed by atoms with Gasteiger partial charge in [0, 0.05) is 18.7 Å². The molecule has 1 fully saturated rings. The molecule has 0 amide bonds. The zero-order valence-corrected chi connectivity index (χ0v) is 10.2. The minimum atomic E-state index is -0.927.